The summed E-state index contributed by atoms with van der Waals surface area (Å²) in [5.41, 5.74) is 0.249. The van der Waals surface area contributed by atoms with Crippen LogP contribution in [-0.2, 0) is 14.3 Å². The summed E-state index contributed by atoms with van der Waals surface area (Å²) < 4.78 is 4.97. The van der Waals surface area contributed by atoms with E-state index < -0.39 is 11.9 Å². The highest BCUT2D eigenvalue weighted by Gasteiger charge is 2.28. The predicted octanol–water partition coefficient (Wildman–Crippen LogP) is -0.562. The maximum absolute atomic E-state index is 11.5. The quantitative estimate of drug-likeness (QED) is 0.526. The van der Waals surface area contributed by atoms with Crippen LogP contribution in [0, 0.1) is 0 Å². The summed E-state index contributed by atoms with van der Waals surface area (Å²) in [5.74, 6) is -0.606. The van der Waals surface area contributed by atoms with E-state index in [0.717, 1.165) is 0 Å². The maximum atomic E-state index is 11.5. The van der Waals surface area contributed by atoms with Gasteiger partial charge in [0.15, 0.2) is 5.76 Å². The van der Waals surface area contributed by atoms with Gasteiger partial charge in [0.2, 0.25) is 0 Å². The molecule has 72 valence electrons. The Morgan fingerprint density at radius 2 is 1.93 bits per heavy atom. The molecule has 4 heteroatoms. The number of para-hydroxylation sites is 1. The van der Waals surface area contributed by atoms with Crippen molar-refractivity contribution in [2.75, 3.05) is 0 Å². The summed E-state index contributed by atoms with van der Waals surface area (Å²) in [6, 6.07) is 7.07. The molecule has 0 saturated heterocycles. The molecular formula is C11H5NO3. The molecule has 0 N–H and O–H groups in total. The number of rotatable bonds is 0. The zero-order valence-corrected chi connectivity index (χ0v) is 7.56. The molecule has 1 aromatic rings. The zero-order chi connectivity index (χ0) is 10.4. The van der Waals surface area contributed by atoms with E-state index in [1.54, 1.807) is 24.3 Å². The van der Waals surface area contributed by atoms with E-state index >= 15 is 0 Å². The van der Waals surface area contributed by atoms with Crippen molar-refractivity contribution in [2.45, 2.75) is 0 Å². The molecule has 1 amide bonds. The first-order valence-electron chi connectivity index (χ1n) is 4.42. The van der Waals surface area contributed by atoms with Crippen LogP contribution in [0.5, 0.6) is 0 Å². The van der Waals surface area contributed by atoms with Crippen LogP contribution in [0.25, 0.3) is 5.76 Å². The van der Waals surface area contributed by atoms with Gasteiger partial charge in [0, 0.05) is 11.3 Å². The number of benzene rings is 1. The Kier molecular flexibility index (Phi) is 1.42. The van der Waals surface area contributed by atoms with Crippen LogP contribution < -0.4 is 10.6 Å². The highest BCUT2D eigenvalue weighted by Crippen LogP contribution is 2.21. The van der Waals surface area contributed by atoms with Crippen LogP contribution in [-0.4, -0.2) is 11.9 Å². The first-order valence-corrected chi connectivity index (χ1v) is 4.42. The van der Waals surface area contributed by atoms with Gasteiger partial charge in [-0.2, -0.15) is 0 Å². The Hall–Kier alpha value is -2.23. The molecule has 2 heterocycles. The van der Waals surface area contributed by atoms with E-state index in [9.17, 15) is 9.59 Å². The lowest BCUT2D eigenvalue weighted by molar-refractivity contribution is -0.130. The Balaban J connectivity index is 2.49. The van der Waals surface area contributed by atoms with Crippen LogP contribution in [0.1, 0.15) is 0 Å². The van der Waals surface area contributed by atoms with Crippen LogP contribution in [0.3, 0.4) is 0 Å². The molecule has 4 nitrogen and oxygen atoms in total. The van der Waals surface area contributed by atoms with Gasteiger partial charge in [0.25, 0.3) is 5.91 Å². The molecule has 0 saturated carbocycles. The van der Waals surface area contributed by atoms with Gasteiger partial charge < -0.3 is 4.74 Å². The number of fused-ring (bicyclic) bond motifs is 2. The lowest BCUT2D eigenvalue weighted by Gasteiger charge is -2.05. The average Bonchev–Trinajstić information content (AvgIpc) is 2.61. The number of hydrogen-bond donors (Lipinski definition) is 0. The minimum absolute atomic E-state index is 0.249. The van der Waals surface area contributed by atoms with E-state index in [4.69, 9.17) is 4.74 Å². The molecule has 0 aliphatic carbocycles. The van der Waals surface area contributed by atoms with Gasteiger partial charge in [-0.25, -0.2) is 9.79 Å². The third-order valence-corrected chi connectivity index (χ3v) is 2.31. The van der Waals surface area contributed by atoms with E-state index in [-0.39, 0.29) is 5.57 Å². The van der Waals surface area contributed by atoms with Gasteiger partial charge in [-0.1, -0.05) is 12.1 Å². The second-order valence-corrected chi connectivity index (χ2v) is 3.24. The Bertz CT molecular complexity index is 640. The van der Waals surface area contributed by atoms with Gasteiger partial charge in [-0.15, -0.1) is 0 Å². The lowest BCUT2D eigenvalue weighted by atomic mass is 10.1. The van der Waals surface area contributed by atoms with Crippen molar-refractivity contribution in [3.8, 4) is 0 Å². The standard InChI is InChI=1S/C11H5NO3/c13-9-5-7-10(15-9)6-3-1-2-4-8(6)12-11(7)14/h1-5H. The molecule has 2 aliphatic rings. The lowest BCUT2D eigenvalue weighted by Crippen LogP contribution is -2.33. The molecular weight excluding hydrogens is 194 g/mol. The summed E-state index contributed by atoms with van der Waals surface area (Å²) in [6.45, 7) is 0. The first kappa shape index (κ1) is 8.11. The number of nitrogens with zero attached hydrogens (tertiary/aromatic N) is 1. The fraction of sp³-hybridized carbons (Fsp3) is 0. The Labute approximate surface area is 84.2 Å². The highest BCUT2D eigenvalue weighted by molar-refractivity contribution is 6.14. The summed E-state index contributed by atoms with van der Waals surface area (Å²) in [7, 11) is 0. The van der Waals surface area contributed by atoms with Crippen molar-refractivity contribution >= 4 is 17.6 Å². The minimum Gasteiger partial charge on any atom is -0.422 e. The summed E-state index contributed by atoms with van der Waals surface area (Å²) in [6.07, 6.45) is 1.18. The highest BCUT2D eigenvalue weighted by atomic mass is 16.5. The monoisotopic (exact) mass is 199 g/mol. The van der Waals surface area contributed by atoms with Crippen molar-refractivity contribution < 1.29 is 14.3 Å². The third kappa shape index (κ3) is 1.05. The average molecular weight is 199 g/mol. The molecule has 0 bridgehead atoms. The molecule has 0 atom stereocenters. The van der Waals surface area contributed by atoms with Gasteiger partial charge in [0.05, 0.1) is 10.9 Å². The number of carbonyl (C=O) groups excluding carboxylic acids is 2. The Morgan fingerprint density at radius 1 is 1.13 bits per heavy atom. The second kappa shape index (κ2) is 2.63. The topological polar surface area (TPSA) is 55.7 Å². The molecule has 15 heavy (non-hydrogen) atoms. The SMILES string of the molecule is O=C1C=C2C(=O)N=c3ccccc3=C2O1. The summed E-state index contributed by atoms with van der Waals surface area (Å²) in [4.78, 5) is 26.4. The predicted molar refractivity (Wildman–Crippen MR) is 49.8 cm³/mol. The number of esters is 1. The molecule has 0 spiro atoms. The van der Waals surface area contributed by atoms with Crippen molar-refractivity contribution in [3.05, 3.63) is 46.5 Å². The molecule has 0 radical (unpaired) electrons. The summed E-state index contributed by atoms with van der Waals surface area (Å²) in [5, 5.41) is 1.23. The first-order chi connectivity index (χ1) is 7.25. The normalized spacial score (nSPS) is 17.6. The number of ether oxygens (including phenoxy) is 1. The molecule has 0 aromatic heterocycles. The largest absolute Gasteiger partial charge is 0.422 e. The number of amides is 1. The van der Waals surface area contributed by atoms with Crippen molar-refractivity contribution in [1.82, 2.24) is 0 Å². The number of carbonyl (C=O) groups is 2. The molecule has 2 aliphatic heterocycles. The van der Waals surface area contributed by atoms with Gasteiger partial charge in [-0.05, 0) is 12.1 Å². The Morgan fingerprint density at radius 3 is 2.80 bits per heavy atom. The maximum Gasteiger partial charge on any atom is 0.337 e. The van der Waals surface area contributed by atoms with Crippen molar-refractivity contribution in [2.24, 2.45) is 4.99 Å². The molecule has 1 aromatic carbocycles. The molecule has 0 unspecified atom stereocenters. The van der Waals surface area contributed by atoms with Crippen molar-refractivity contribution in [1.29, 1.82) is 0 Å². The van der Waals surface area contributed by atoms with Crippen LogP contribution in [0.4, 0.5) is 0 Å². The third-order valence-electron chi connectivity index (χ3n) is 2.31. The molecule has 0 fully saturated rings. The molecule has 3 rings (SSSR count). The van der Waals surface area contributed by atoms with Crippen LogP contribution in [0.15, 0.2) is 40.9 Å². The fourth-order valence-corrected chi connectivity index (χ4v) is 1.66. The van der Waals surface area contributed by atoms with Crippen LogP contribution >= 0.6 is 0 Å². The fourth-order valence-electron chi connectivity index (χ4n) is 1.66. The van der Waals surface area contributed by atoms with E-state index in [2.05, 4.69) is 4.99 Å². The second-order valence-electron chi connectivity index (χ2n) is 3.24. The van der Waals surface area contributed by atoms with Gasteiger partial charge >= 0.3 is 5.97 Å². The zero-order valence-electron chi connectivity index (χ0n) is 7.56. The van der Waals surface area contributed by atoms with Crippen LogP contribution in [0.2, 0.25) is 0 Å². The minimum atomic E-state index is -0.514. The van der Waals surface area contributed by atoms with Gasteiger partial charge in [0.1, 0.15) is 0 Å². The van der Waals surface area contributed by atoms with E-state index in [1.807, 2.05) is 0 Å². The smallest absolute Gasteiger partial charge is 0.337 e. The number of hydrogen-bond acceptors (Lipinski definition) is 3. The summed E-state index contributed by atoms with van der Waals surface area (Å²) >= 11 is 0. The van der Waals surface area contributed by atoms with E-state index in [1.165, 1.54) is 6.08 Å². The van der Waals surface area contributed by atoms with Gasteiger partial charge in [-0.3, -0.25) is 4.79 Å². The van der Waals surface area contributed by atoms with Crippen molar-refractivity contribution in [3.63, 3.8) is 0 Å². The van der Waals surface area contributed by atoms with E-state index in [0.29, 0.717) is 16.3 Å².